The topological polar surface area (TPSA) is 218 Å². The van der Waals surface area contributed by atoms with Crippen LogP contribution in [0.4, 0.5) is 9.59 Å². The predicted octanol–water partition coefficient (Wildman–Crippen LogP) is 4.34. The van der Waals surface area contributed by atoms with Crippen molar-refractivity contribution in [1.29, 1.82) is 0 Å². The molecule has 18 nitrogen and oxygen atoms in total. The molecule has 2 saturated carbocycles. The van der Waals surface area contributed by atoms with Gasteiger partial charge in [-0.1, -0.05) is 38.5 Å². The second-order valence-electron chi connectivity index (χ2n) is 18.3. The maximum absolute atomic E-state index is 13.8. The Labute approximate surface area is 366 Å². The van der Waals surface area contributed by atoms with Crippen LogP contribution in [0.25, 0.3) is 0 Å². The number of cyclic esters (lactones) is 2. The predicted molar refractivity (Wildman–Crippen MR) is 223 cm³/mol. The van der Waals surface area contributed by atoms with Gasteiger partial charge in [0.2, 0.25) is 11.8 Å². The third-order valence-electron chi connectivity index (χ3n) is 12.3. The van der Waals surface area contributed by atoms with Gasteiger partial charge in [0.15, 0.2) is 0 Å². The second kappa shape index (κ2) is 24.9. The van der Waals surface area contributed by atoms with Crippen molar-refractivity contribution in [2.75, 3.05) is 65.9 Å². The molecule has 4 aliphatic heterocycles. The number of alkyl carbamates (subject to hydrolysis) is 2. The number of nitrogens with one attached hydrogen (secondary N) is 2. The van der Waals surface area contributed by atoms with Crippen molar-refractivity contribution in [2.45, 2.75) is 165 Å². The van der Waals surface area contributed by atoms with Crippen LogP contribution in [-0.4, -0.2) is 159 Å². The Morgan fingerprint density at radius 1 is 0.581 bits per heavy atom. The van der Waals surface area contributed by atoms with Crippen molar-refractivity contribution < 1.29 is 67.0 Å². The molecule has 18 heteroatoms. The maximum Gasteiger partial charge on any atom is 0.407 e. The van der Waals surface area contributed by atoms with E-state index in [4.69, 9.17) is 33.2 Å². The number of carbonyl (C=O) groups excluding carboxylic acids is 5. The number of aliphatic carboxylic acids is 1. The normalized spacial score (nSPS) is 30.2. The quantitative estimate of drug-likeness (QED) is 0.265. The highest BCUT2D eigenvalue weighted by molar-refractivity contribution is 5.91. The van der Waals surface area contributed by atoms with Crippen LogP contribution < -0.4 is 10.6 Å². The molecule has 0 aromatic carbocycles. The molecule has 4 bridgehead atoms. The minimum Gasteiger partial charge on any atom is -0.480 e. The maximum atomic E-state index is 13.8. The van der Waals surface area contributed by atoms with Crippen LogP contribution in [0.2, 0.25) is 0 Å². The number of fused-ring (bicyclic) bond motifs is 4. The van der Waals surface area contributed by atoms with E-state index >= 15 is 0 Å². The lowest BCUT2D eigenvalue weighted by atomic mass is 9.83. The van der Waals surface area contributed by atoms with Gasteiger partial charge in [-0.3, -0.25) is 9.59 Å². The molecule has 0 radical (unpaired) electrons. The van der Waals surface area contributed by atoms with Gasteiger partial charge in [-0.15, -0.1) is 0 Å². The molecule has 4 saturated heterocycles. The monoisotopic (exact) mass is 881 g/mol. The van der Waals surface area contributed by atoms with Crippen molar-refractivity contribution in [3.8, 4) is 0 Å². The molecule has 4 amide bonds. The molecular weight excluding hydrogens is 808 g/mol. The standard InChI is InChI=1S/C24H40N2O7.C20H32N2O7/c1-24(2,3)33-22(28)19-15-18-16-26(19)21(27)20(17-9-5-4-6-10-17)25-23(29)32-14-8-12-30-11-7-13-31-18;23-18-17(14-6-2-1-3-7-14)21-20(26)29-11-5-9-27-8-4-10-28-15-12-16(19(24)25)22(18)13-15/h17-20H,4-16H2,1-3H3,(H,25,29);14-17H,1-13H2,(H,21,26)(H,24,25)/t18-,19+,20+;15-,16+,17+/m11/s1. The van der Waals surface area contributed by atoms with Crippen molar-refractivity contribution >= 4 is 35.9 Å². The third kappa shape index (κ3) is 15.5. The molecule has 4 heterocycles. The first-order valence-corrected chi connectivity index (χ1v) is 23.1. The van der Waals surface area contributed by atoms with Gasteiger partial charge in [-0.25, -0.2) is 19.2 Å². The van der Waals surface area contributed by atoms with Gasteiger partial charge in [0.25, 0.3) is 0 Å². The Bertz CT molecular complexity index is 1460. The highest BCUT2D eigenvalue weighted by Crippen LogP contribution is 2.32. The number of hydrogen-bond acceptors (Lipinski definition) is 13. The smallest absolute Gasteiger partial charge is 0.407 e. The molecule has 2 aliphatic carbocycles. The van der Waals surface area contributed by atoms with Crippen molar-refractivity contribution in [3.05, 3.63) is 0 Å². The SMILES string of the molecule is CC(C)(C)OC(=O)[C@@H]1C[C@@H]2CN1C(=O)[C@H](C1CCCCC1)NC(=O)OCCCOCCCO2.O=C1N[C@@H](C2CCCCC2)C(=O)N2C[C@@H](C[C@H]2C(=O)O)OCCCOCCCO1. The van der Waals surface area contributed by atoms with Crippen LogP contribution in [0.15, 0.2) is 0 Å². The first-order valence-electron chi connectivity index (χ1n) is 23.1. The van der Waals surface area contributed by atoms with Gasteiger partial charge in [-0.05, 0) is 71.1 Å². The van der Waals surface area contributed by atoms with Crippen molar-refractivity contribution in [2.24, 2.45) is 11.8 Å². The van der Waals surface area contributed by atoms with Gasteiger partial charge in [0.05, 0.1) is 25.4 Å². The number of amides is 4. The second-order valence-corrected chi connectivity index (χ2v) is 18.3. The minimum absolute atomic E-state index is 0.0135. The van der Waals surface area contributed by atoms with Crippen LogP contribution in [0.1, 0.15) is 124 Å². The van der Waals surface area contributed by atoms with Gasteiger partial charge < -0.3 is 58.7 Å². The van der Waals surface area contributed by atoms with E-state index in [0.717, 1.165) is 64.2 Å². The summed E-state index contributed by atoms with van der Waals surface area (Å²) in [7, 11) is 0. The lowest BCUT2D eigenvalue weighted by Crippen LogP contribution is -2.55. The summed E-state index contributed by atoms with van der Waals surface area (Å²) in [4.78, 5) is 79.7. The fourth-order valence-corrected chi connectivity index (χ4v) is 9.22. The van der Waals surface area contributed by atoms with Gasteiger partial charge in [0.1, 0.15) is 29.8 Å². The number of nitrogens with zero attached hydrogens (tertiary/aromatic N) is 2. The number of hydrogen-bond donors (Lipinski definition) is 3. The average Bonchev–Trinajstić information content (AvgIpc) is 3.88. The Morgan fingerprint density at radius 3 is 1.40 bits per heavy atom. The number of carboxylic acids is 1. The fourth-order valence-electron chi connectivity index (χ4n) is 9.22. The van der Waals surface area contributed by atoms with Gasteiger partial charge in [0, 0.05) is 78.4 Å². The summed E-state index contributed by atoms with van der Waals surface area (Å²) in [6, 6.07) is -3.18. The molecule has 6 aliphatic rings. The Morgan fingerprint density at radius 2 is 0.984 bits per heavy atom. The summed E-state index contributed by atoms with van der Waals surface area (Å²) in [5.41, 5.74) is -0.665. The molecule has 0 unspecified atom stereocenters. The van der Waals surface area contributed by atoms with Crippen LogP contribution in [-0.2, 0) is 52.3 Å². The fraction of sp³-hybridized carbons (Fsp3) is 0.864. The Kier molecular flexibility index (Phi) is 19.8. The Balaban J connectivity index is 0.000000236. The van der Waals surface area contributed by atoms with E-state index in [2.05, 4.69) is 10.6 Å². The van der Waals surface area contributed by atoms with E-state index in [9.17, 15) is 33.9 Å². The summed E-state index contributed by atoms with van der Waals surface area (Å²) >= 11 is 0. The van der Waals surface area contributed by atoms with Crippen LogP contribution in [0, 0.1) is 11.8 Å². The summed E-state index contributed by atoms with van der Waals surface area (Å²) in [5.74, 6) is -2.08. The van der Waals surface area contributed by atoms with Crippen LogP contribution in [0.5, 0.6) is 0 Å². The van der Waals surface area contributed by atoms with E-state index < -0.39 is 53.9 Å². The van der Waals surface area contributed by atoms with E-state index in [0.29, 0.717) is 78.3 Å². The molecule has 0 aromatic heterocycles. The van der Waals surface area contributed by atoms with Crippen LogP contribution >= 0.6 is 0 Å². The lowest BCUT2D eigenvalue weighted by Gasteiger charge is -2.34. The first kappa shape index (κ1) is 49.3. The molecule has 6 atom stereocenters. The number of carbonyl (C=O) groups is 6. The number of carboxylic acid groups (broad SMARTS) is 1. The zero-order chi connectivity index (χ0) is 44.5. The van der Waals surface area contributed by atoms with E-state index in [1.165, 1.54) is 4.90 Å². The van der Waals surface area contributed by atoms with Gasteiger partial charge >= 0.3 is 24.1 Å². The minimum atomic E-state index is -1.05. The molecular formula is C44H72N4O14. The number of ether oxygens (including phenoxy) is 7. The Hall–Kier alpha value is -3.74. The summed E-state index contributed by atoms with van der Waals surface area (Å²) in [6.45, 7) is 9.36. The highest BCUT2D eigenvalue weighted by atomic mass is 16.6. The molecule has 6 rings (SSSR count). The number of esters is 1. The van der Waals surface area contributed by atoms with Crippen molar-refractivity contribution in [1.82, 2.24) is 20.4 Å². The molecule has 352 valence electrons. The number of rotatable bonds is 4. The zero-order valence-corrected chi connectivity index (χ0v) is 37.2. The first-order chi connectivity index (χ1) is 29.8. The third-order valence-corrected chi connectivity index (χ3v) is 12.3. The molecule has 62 heavy (non-hydrogen) atoms. The summed E-state index contributed by atoms with van der Waals surface area (Å²) in [6.07, 6.45) is 11.0. The molecule has 3 N–H and O–H groups in total. The summed E-state index contributed by atoms with van der Waals surface area (Å²) < 4.78 is 39.0. The molecule has 6 fully saturated rings. The molecule has 0 spiro atoms. The zero-order valence-electron chi connectivity index (χ0n) is 37.2. The van der Waals surface area contributed by atoms with E-state index in [1.807, 2.05) is 20.8 Å². The summed E-state index contributed by atoms with van der Waals surface area (Å²) in [5, 5.41) is 15.2. The largest absolute Gasteiger partial charge is 0.480 e. The lowest BCUT2D eigenvalue weighted by molar-refractivity contribution is -0.163. The van der Waals surface area contributed by atoms with Gasteiger partial charge in [-0.2, -0.15) is 0 Å². The van der Waals surface area contributed by atoms with Crippen molar-refractivity contribution in [3.63, 3.8) is 0 Å². The highest BCUT2D eigenvalue weighted by Gasteiger charge is 2.47. The average molecular weight is 881 g/mol. The molecule has 0 aromatic rings. The van der Waals surface area contributed by atoms with E-state index in [1.54, 1.807) is 4.90 Å². The van der Waals surface area contributed by atoms with Crippen LogP contribution in [0.3, 0.4) is 0 Å². The van der Waals surface area contributed by atoms with E-state index in [-0.39, 0.29) is 62.0 Å².